The van der Waals surface area contributed by atoms with Crippen LogP contribution in [0.4, 0.5) is 13.2 Å². The predicted octanol–water partition coefficient (Wildman–Crippen LogP) is 2.71. The Morgan fingerprint density at radius 1 is 1.00 bits per heavy atom. The number of carbonyl (C=O) groups excluding carboxylic acids is 2. The molecule has 36 heavy (non-hydrogen) atoms. The molecule has 0 saturated carbocycles. The topological polar surface area (TPSA) is 124 Å². The Morgan fingerprint density at radius 3 is 2.28 bits per heavy atom. The second kappa shape index (κ2) is 10.2. The Balaban J connectivity index is 1.37. The van der Waals surface area contributed by atoms with Gasteiger partial charge >= 0.3 is 0 Å². The standard InChI is InChI=1S/C25H28F3N3O4S/c26-20-13-22(28)21(27)11-15(20)12-23(29)16-8-17-4-5-18(9-16)31(17)24(32)6-7-36(34,35)19-3-1-2-14(10-19)25(30)33/h1-3,10-11,13,16-18,23H,4-9,12,29H2,(H2,30,33)/t16?,17-,18+,23-/m1/s1. The number of hydrogen-bond donors (Lipinski definition) is 2. The number of amides is 2. The van der Waals surface area contributed by atoms with Crippen molar-refractivity contribution >= 4 is 21.7 Å². The van der Waals surface area contributed by atoms with Gasteiger partial charge < -0.3 is 16.4 Å². The first-order valence-electron chi connectivity index (χ1n) is 11.8. The van der Waals surface area contributed by atoms with E-state index in [1.807, 2.05) is 0 Å². The fourth-order valence-corrected chi connectivity index (χ4v) is 6.70. The molecule has 1 unspecified atom stereocenters. The zero-order valence-corrected chi connectivity index (χ0v) is 20.3. The van der Waals surface area contributed by atoms with Gasteiger partial charge in [-0.05, 0) is 67.9 Å². The van der Waals surface area contributed by atoms with Crippen LogP contribution in [-0.2, 0) is 21.1 Å². The molecular weight excluding hydrogens is 495 g/mol. The number of nitrogens with two attached hydrogens (primary N) is 2. The Bertz CT molecular complexity index is 1270. The van der Waals surface area contributed by atoms with Gasteiger partial charge in [-0.3, -0.25) is 9.59 Å². The number of primary amides is 1. The van der Waals surface area contributed by atoms with E-state index in [-0.39, 0.29) is 52.8 Å². The van der Waals surface area contributed by atoms with Gasteiger partial charge in [-0.2, -0.15) is 0 Å². The largest absolute Gasteiger partial charge is 0.366 e. The molecule has 2 aromatic rings. The molecule has 0 spiro atoms. The Labute approximate surface area is 207 Å². The van der Waals surface area contributed by atoms with E-state index in [0.717, 1.165) is 18.9 Å². The normalized spacial score (nSPS) is 22.4. The summed E-state index contributed by atoms with van der Waals surface area (Å²) in [5.41, 5.74) is 11.6. The molecule has 2 bridgehead atoms. The van der Waals surface area contributed by atoms with Crippen molar-refractivity contribution in [3.63, 3.8) is 0 Å². The molecule has 4 rings (SSSR count). The number of benzene rings is 2. The van der Waals surface area contributed by atoms with Crippen molar-refractivity contribution in [1.29, 1.82) is 0 Å². The molecular formula is C25H28F3N3O4S. The summed E-state index contributed by atoms with van der Waals surface area (Å²) in [4.78, 5) is 26.1. The summed E-state index contributed by atoms with van der Waals surface area (Å²) in [5, 5.41) is 0. The number of halogens is 3. The van der Waals surface area contributed by atoms with E-state index in [1.165, 1.54) is 24.3 Å². The average Bonchev–Trinajstić information content (AvgIpc) is 3.10. The van der Waals surface area contributed by atoms with E-state index in [1.54, 1.807) is 4.90 Å². The van der Waals surface area contributed by atoms with Crippen LogP contribution in [0.15, 0.2) is 41.3 Å². The van der Waals surface area contributed by atoms with Crippen LogP contribution in [0.5, 0.6) is 0 Å². The lowest BCUT2D eigenvalue weighted by molar-refractivity contribution is -0.136. The average molecular weight is 524 g/mol. The first-order valence-corrected chi connectivity index (χ1v) is 13.4. The monoisotopic (exact) mass is 523 g/mol. The molecule has 0 aliphatic carbocycles. The molecule has 0 aromatic heterocycles. The highest BCUT2D eigenvalue weighted by molar-refractivity contribution is 7.91. The Morgan fingerprint density at radius 2 is 1.64 bits per heavy atom. The number of hydrogen-bond acceptors (Lipinski definition) is 5. The molecule has 2 amide bonds. The van der Waals surface area contributed by atoms with Gasteiger partial charge in [0.2, 0.25) is 11.8 Å². The second-order valence-corrected chi connectivity index (χ2v) is 11.7. The van der Waals surface area contributed by atoms with Crippen molar-refractivity contribution in [3.05, 3.63) is 65.0 Å². The van der Waals surface area contributed by atoms with Crippen molar-refractivity contribution in [2.75, 3.05) is 5.75 Å². The van der Waals surface area contributed by atoms with E-state index in [9.17, 15) is 31.2 Å². The van der Waals surface area contributed by atoms with E-state index in [4.69, 9.17) is 11.5 Å². The Hall–Kier alpha value is -2.92. The maximum Gasteiger partial charge on any atom is 0.248 e. The van der Waals surface area contributed by atoms with Gasteiger partial charge in [-0.15, -0.1) is 0 Å². The van der Waals surface area contributed by atoms with Gasteiger partial charge in [0, 0.05) is 36.2 Å². The van der Waals surface area contributed by atoms with Gasteiger partial charge in [0.25, 0.3) is 0 Å². The van der Waals surface area contributed by atoms with Crippen LogP contribution in [0.1, 0.15) is 48.0 Å². The van der Waals surface area contributed by atoms with Gasteiger partial charge in [-0.25, -0.2) is 21.6 Å². The first-order chi connectivity index (χ1) is 17.0. The second-order valence-electron chi connectivity index (χ2n) is 9.60. The third-order valence-corrected chi connectivity index (χ3v) is 8.98. The highest BCUT2D eigenvalue weighted by Gasteiger charge is 2.44. The molecule has 2 saturated heterocycles. The number of carbonyl (C=O) groups is 2. The van der Waals surface area contributed by atoms with Crippen LogP contribution in [0, 0.1) is 23.4 Å². The number of sulfone groups is 1. The molecule has 2 aliphatic heterocycles. The van der Waals surface area contributed by atoms with Crippen molar-refractivity contribution in [2.24, 2.45) is 17.4 Å². The van der Waals surface area contributed by atoms with E-state index >= 15 is 0 Å². The molecule has 2 aliphatic rings. The fourth-order valence-electron chi connectivity index (χ4n) is 5.43. The zero-order valence-electron chi connectivity index (χ0n) is 19.5. The van der Waals surface area contributed by atoms with Crippen molar-refractivity contribution in [1.82, 2.24) is 4.90 Å². The molecule has 194 valence electrons. The summed E-state index contributed by atoms with van der Waals surface area (Å²) in [6, 6.07) is 6.04. The SMILES string of the molecule is NC(=O)c1cccc(S(=O)(=O)CCC(=O)N2[C@@H]3CC[C@H]2CC([C@H](N)Cc2cc(F)c(F)cc2F)C3)c1. The highest BCUT2D eigenvalue weighted by Crippen LogP contribution is 2.40. The van der Waals surface area contributed by atoms with Crippen molar-refractivity contribution in [2.45, 2.75) is 61.5 Å². The zero-order chi connectivity index (χ0) is 26.2. The van der Waals surface area contributed by atoms with Crippen LogP contribution in [0.2, 0.25) is 0 Å². The summed E-state index contributed by atoms with van der Waals surface area (Å²) >= 11 is 0. The molecule has 2 heterocycles. The van der Waals surface area contributed by atoms with E-state index in [2.05, 4.69) is 0 Å². The fraction of sp³-hybridized carbons (Fsp3) is 0.440. The number of rotatable bonds is 8. The highest BCUT2D eigenvalue weighted by atomic mass is 32.2. The summed E-state index contributed by atoms with van der Waals surface area (Å²) in [6.45, 7) is 0. The Kier molecular flexibility index (Phi) is 7.42. The minimum atomic E-state index is -3.80. The van der Waals surface area contributed by atoms with E-state index in [0.29, 0.717) is 18.9 Å². The molecule has 2 aromatic carbocycles. The maximum absolute atomic E-state index is 14.1. The number of piperidine rings is 1. The molecule has 2 fully saturated rings. The van der Waals surface area contributed by atoms with Crippen molar-refractivity contribution < 1.29 is 31.2 Å². The minimum absolute atomic E-state index is 0.0119. The summed E-state index contributed by atoms with van der Waals surface area (Å²) in [5.74, 6) is -4.68. The van der Waals surface area contributed by atoms with E-state index < -0.39 is 45.0 Å². The van der Waals surface area contributed by atoms with Crippen LogP contribution in [0.25, 0.3) is 0 Å². The molecule has 7 nitrogen and oxygen atoms in total. The van der Waals surface area contributed by atoms with Gasteiger partial charge in [0.05, 0.1) is 10.6 Å². The maximum atomic E-state index is 14.1. The summed E-state index contributed by atoms with van der Waals surface area (Å²) in [6.07, 6.45) is 2.50. The smallest absolute Gasteiger partial charge is 0.248 e. The lowest BCUT2D eigenvalue weighted by Crippen LogP contribution is -2.50. The van der Waals surface area contributed by atoms with Crippen LogP contribution >= 0.6 is 0 Å². The molecule has 4 atom stereocenters. The van der Waals surface area contributed by atoms with Crippen LogP contribution in [-0.4, -0.2) is 49.0 Å². The van der Waals surface area contributed by atoms with Gasteiger partial charge in [-0.1, -0.05) is 6.07 Å². The summed E-state index contributed by atoms with van der Waals surface area (Å²) < 4.78 is 66.3. The molecule has 0 radical (unpaired) electrons. The van der Waals surface area contributed by atoms with Gasteiger partial charge in [0.15, 0.2) is 21.5 Å². The minimum Gasteiger partial charge on any atom is -0.366 e. The molecule has 4 N–H and O–H groups in total. The first kappa shape index (κ1) is 26.2. The quantitative estimate of drug-likeness (QED) is 0.515. The third-order valence-electron chi connectivity index (χ3n) is 7.27. The lowest BCUT2D eigenvalue weighted by atomic mass is 9.82. The van der Waals surface area contributed by atoms with Crippen LogP contribution in [0.3, 0.4) is 0 Å². The van der Waals surface area contributed by atoms with Gasteiger partial charge in [0.1, 0.15) is 5.82 Å². The third kappa shape index (κ3) is 5.41. The molecule has 11 heteroatoms. The number of nitrogens with zero attached hydrogens (tertiary/aromatic N) is 1. The van der Waals surface area contributed by atoms with Crippen LogP contribution < -0.4 is 11.5 Å². The number of fused-ring (bicyclic) bond motifs is 2. The summed E-state index contributed by atoms with van der Waals surface area (Å²) in [7, 11) is -3.80. The lowest BCUT2D eigenvalue weighted by Gasteiger charge is -2.41. The predicted molar refractivity (Wildman–Crippen MR) is 126 cm³/mol. The van der Waals surface area contributed by atoms with Crippen molar-refractivity contribution in [3.8, 4) is 0 Å².